The Kier molecular flexibility index (Phi) is 7.50. The quantitative estimate of drug-likeness (QED) is 0.215. The number of H-pyrrole nitrogens is 1. The van der Waals surface area contributed by atoms with Crippen molar-refractivity contribution in [1.82, 2.24) is 20.3 Å². The molecule has 2 aromatic carbocycles. The summed E-state index contributed by atoms with van der Waals surface area (Å²) in [7, 11) is 0.213. The number of methoxy groups -OCH3 is 3. The number of hydrogen-bond acceptors (Lipinski definition) is 11. The molecule has 0 amide bonds. The molecular formula is C30H36N6O7S. The van der Waals surface area contributed by atoms with E-state index in [4.69, 9.17) is 23.5 Å². The summed E-state index contributed by atoms with van der Waals surface area (Å²) in [5, 5.41) is 15.1. The lowest BCUT2D eigenvalue weighted by atomic mass is 9.98. The van der Waals surface area contributed by atoms with E-state index >= 15 is 0 Å². The van der Waals surface area contributed by atoms with Crippen molar-refractivity contribution in [3.8, 4) is 17.2 Å². The number of anilines is 3. The molecule has 4 heterocycles. The Morgan fingerprint density at radius 1 is 0.955 bits per heavy atom. The van der Waals surface area contributed by atoms with Gasteiger partial charge in [-0.1, -0.05) is 5.16 Å². The van der Waals surface area contributed by atoms with E-state index < -0.39 is 10.0 Å². The molecule has 7 rings (SSSR count). The van der Waals surface area contributed by atoms with Crippen LogP contribution in [0.3, 0.4) is 0 Å². The van der Waals surface area contributed by atoms with E-state index in [1.54, 1.807) is 24.3 Å². The first-order chi connectivity index (χ1) is 21.4. The Bertz CT molecular complexity index is 1750. The van der Waals surface area contributed by atoms with Crippen molar-refractivity contribution in [2.24, 2.45) is 0 Å². The second kappa shape index (κ2) is 11.5. The van der Waals surface area contributed by atoms with Gasteiger partial charge in [-0.05, 0) is 61.9 Å². The average molecular weight is 625 g/mol. The third kappa shape index (κ3) is 5.41. The molecule has 2 atom stereocenters. The molecule has 3 N–H and O–H groups in total. The van der Waals surface area contributed by atoms with Crippen molar-refractivity contribution in [3.05, 3.63) is 41.6 Å². The number of nitrogens with zero attached hydrogens (tertiary/aromatic N) is 3. The van der Waals surface area contributed by atoms with Crippen LogP contribution in [0.5, 0.6) is 17.2 Å². The Labute approximate surface area is 255 Å². The van der Waals surface area contributed by atoms with Crippen LogP contribution in [0.25, 0.3) is 11.0 Å². The van der Waals surface area contributed by atoms with Crippen LogP contribution in [0.15, 0.2) is 39.8 Å². The Morgan fingerprint density at radius 2 is 1.73 bits per heavy atom. The maximum Gasteiger partial charge on any atom is 0.270 e. The van der Waals surface area contributed by atoms with Crippen LogP contribution in [-0.4, -0.2) is 82.3 Å². The summed E-state index contributed by atoms with van der Waals surface area (Å²) in [6, 6.07) is 9.35. The summed E-state index contributed by atoms with van der Waals surface area (Å²) in [4.78, 5) is 2.34. The van der Waals surface area contributed by atoms with E-state index in [0.717, 1.165) is 63.2 Å². The fourth-order valence-electron chi connectivity index (χ4n) is 6.23. The topological polar surface area (TPSA) is 153 Å². The summed E-state index contributed by atoms with van der Waals surface area (Å²) in [6.45, 7) is 3.39. The summed E-state index contributed by atoms with van der Waals surface area (Å²) in [5.41, 5.74) is 3.02. The van der Waals surface area contributed by atoms with Gasteiger partial charge >= 0.3 is 0 Å². The summed E-state index contributed by atoms with van der Waals surface area (Å²) < 4.78 is 58.3. The Balaban J connectivity index is 1.15. The van der Waals surface area contributed by atoms with Crippen molar-refractivity contribution in [2.45, 2.75) is 48.5 Å². The van der Waals surface area contributed by atoms with Crippen LogP contribution in [0.2, 0.25) is 0 Å². The van der Waals surface area contributed by atoms with Crippen molar-refractivity contribution in [3.63, 3.8) is 0 Å². The molecule has 1 saturated carbocycles. The van der Waals surface area contributed by atoms with Crippen molar-refractivity contribution in [2.75, 3.05) is 57.7 Å². The van der Waals surface area contributed by atoms with Gasteiger partial charge in [-0.15, -0.1) is 0 Å². The van der Waals surface area contributed by atoms with Gasteiger partial charge in [-0.2, -0.15) is 5.10 Å². The van der Waals surface area contributed by atoms with Gasteiger partial charge in [0.2, 0.25) is 0 Å². The van der Waals surface area contributed by atoms with E-state index in [1.165, 1.54) is 21.3 Å². The largest absolute Gasteiger partial charge is 0.495 e. The lowest BCUT2D eigenvalue weighted by Crippen LogP contribution is -2.33. The van der Waals surface area contributed by atoms with Crippen LogP contribution in [0.4, 0.5) is 17.3 Å². The molecule has 3 fully saturated rings. The highest BCUT2D eigenvalue weighted by molar-refractivity contribution is 7.93. The summed E-state index contributed by atoms with van der Waals surface area (Å²) in [5.74, 6) is 2.26. The minimum atomic E-state index is -4.22. The smallest absolute Gasteiger partial charge is 0.270 e. The van der Waals surface area contributed by atoms with Crippen LogP contribution in [0.1, 0.15) is 48.8 Å². The number of benzene rings is 2. The van der Waals surface area contributed by atoms with Crippen LogP contribution < -0.4 is 24.2 Å². The molecular weight excluding hydrogens is 588 g/mol. The normalized spacial score (nSPS) is 20.7. The number of rotatable bonds is 11. The molecule has 0 unspecified atom stereocenters. The molecule has 1 aliphatic carbocycles. The lowest BCUT2D eigenvalue weighted by Gasteiger charge is -2.23. The first-order valence-electron chi connectivity index (χ1n) is 14.8. The fraction of sp³-hybridized carbons (Fsp3) is 0.467. The second-order valence-electron chi connectivity index (χ2n) is 11.5. The van der Waals surface area contributed by atoms with E-state index in [-0.39, 0.29) is 28.1 Å². The fourth-order valence-corrected chi connectivity index (χ4v) is 7.55. The van der Waals surface area contributed by atoms with Gasteiger partial charge in [0.1, 0.15) is 17.2 Å². The van der Waals surface area contributed by atoms with E-state index in [0.29, 0.717) is 40.2 Å². The number of likely N-dealkylation sites (tertiary alicyclic amines) is 1. The number of sulfonamides is 1. The van der Waals surface area contributed by atoms with Crippen molar-refractivity contribution < 1.29 is 31.9 Å². The molecule has 0 radical (unpaired) electrons. The zero-order valence-electron chi connectivity index (χ0n) is 24.9. The molecule has 4 aromatic rings. The molecule has 0 spiro atoms. The van der Waals surface area contributed by atoms with Gasteiger partial charge in [0.25, 0.3) is 10.0 Å². The second-order valence-corrected chi connectivity index (χ2v) is 13.2. The number of aromatic amines is 1. The van der Waals surface area contributed by atoms with Crippen molar-refractivity contribution >= 4 is 38.3 Å². The molecule has 234 valence electrons. The summed E-state index contributed by atoms with van der Waals surface area (Å²) in [6.07, 6.45) is 4.31. The van der Waals surface area contributed by atoms with Gasteiger partial charge in [0.05, 0.1) is 39.0 Å². The van der Waals surface area contributed by atoms with Gasteiger partial charge in [-0.3, -0.25) is 14.7 Å². The average Bonchev–Trinajstić information content (AvgIpc) is 3.46. The number of aromatic nitrogens is 3. The molecule has 2 aromatic heterocycles. The molecule has 2 aliphatic heterocycles. The first kappa shape index (κ1) is 28.7. The standard InChI is InChI=1S/C30H36N6O7S/c1-39-25-12-21-24(13-23(25)31-28-14-22(32-33-28)17-4-5-17)43-34-30(21)35-44(37,38)29-26(40-2)10-19(11-27(29)41-3)18-6-8-36(15-18)20-7-9-42-16-20/h10-14,17-18,20H,4-9,15-16H2,1-3H3,(H,34,35)(H2,31,32,33)/t18-,20+/m0/s1. The Morgan fingerprint density at radius 3 is 2.41 bits per heavy atom. The molecule has 14 heteroatoms. The predicted octanol–water partition coefficient (Wildman–Crippen LogP) is 4.58. The van der Waals surface area contributed by atoms with E-state index in [2.05, 4.69) is 30.3 Å². The molecule has 2 saturated heterocycles. The minimum Gasteiger partial charge on any atom is -0.495 e. The van der Waals surface area contributed by atoms with Gasteiger partial charge < -0.3 is 28.8 Å². The number of hydrogen-bond donors (Lipinski definition) is 3. The Hall–Kier alpha value is -4.01. The molecule has 3 aliphatic rings. The highest BCUT2D eigenvalue weighted by atomic mass is 32.2. The SMILES string of the molecule is COc1cc2c(NS(=O)(=O)c3c(OC)cc([C@H]4CCN([C@@H]5CCOC5)C4)cc3OC)noc2cc1Nc1cc(C2CC2)[nH]n1. The van der Waals surface area contributed by atoms with Crippen LogP contribution in [-0.2, 0) is 14.8 Å². The van der Waals surface area contributed by atoms with Crippen LogP contribution in [0, 0.1) is 0 Å². The molecule has 44 heavy (non-hydrogen) atoms. The summed E-state index contributed by atoms with van der Waals surface area (Å²) >= 11 is 0. The van der Waals surface area contributed by atoms with E-state index in [1.807, 2.05) is 6.07 Å². The number of fused-ring (bicyclic) bond motifs is 1. The van der Waals surface area contributed by atoms with E-state index in [9.17, 15) is 8.42 Å². The highest BCUT2D eigenvalue weighted by Gasteiger charge is 2.34. The molecule has 13 nitrogen and oxygen atoms in total. The maximum atomic E-state index is 13.9. The third-order valence-electron chi connectivity index (χ3n) is 8.77. The van der Waals surface area contributed by atoms with Gasteiger partial charge in [-0.25, -0.2) is 8.42 Å². The predicted molar refractivity (Wildman–Crippen MR) is 163 cm³/mol. The first-order valence-corrected chi connectivity index (χ1v) is 16.3. The highest BCUT2D eigenvalue weighted by Crippen LogP contribution is 2.43. The lowest BCUT2D eigenvalue weighted by molar-refractivity contribution is 0.158. The van der Waals surface area contributed by atoms with Crippen LogP contribution >= 0.6 is 0 Å². The molecule has 0 bridgehead atoms. The number of ether oxygens (including phenoxy) is 4. The van der Waals surface area contributed by atoms with Gasteiger partial charge in [0, 0.05) is 42.9 Å². The number of nitrogens with one attached hydrogen (secondary N) is 3. The van der Waals surface area contributed by atoms with Gasteiger partial charge in [0.15, 0.2) is 22.1 Å². The van der Waals surface area contributed by atoms with Crippen molar-refractivity contribution in [1.29, 1.82) is 0 Å². The minimum absolute atomic E-state index is 0.0130. The maximum absolute atomic E-state index is 13.9. The zero-order valence-corrected chi connectivity index (χ0v) is 25.7. The third-order valence-corrected chi connectivity index (χ3v) is 10.2. The zero-order chi connectivity index (χ0) is 30.4. The monoisotopic (exact) mass is 624 g/mol.